The van der Waals surface area contributed by atoms with Gasteiger partial charge in [-0.3, -0.25) is 4.79 Å². The number of carbonyl (C=O) groups is 3. The van der Waals surface area contributed by atoms with Gasteiger partial charge < -0.3 is 28.6 Å². The zero-order chi connectivity index (χ0) is 40.7. The van der Waals surface area contributed by atoms with Gasteiger partial charge in [-0.2, -0.15) is 13.2 Å². The molecule has 3 aliphatic heterocycles. The third-order valence-corrected chi connectivity index (χ3v) is 12.0. The number of halogens is 3. The van der Waals surface area contributed by atoms with E-state index >= 15 is 0 Å². The molecular weight excluding hydrogens is 736 g/mol. The SMILES string of the molecule is CCCCCCCCCCCC(=O)OC(OC(C(=O)OC1CC2CCC(C1)[N+]21CCCC1)(c1ccccc1)c1ccccc1)c1ccccc1.O=C([O-])C(F)(F)F. The standard InChI is InChI=1S/C44H58NO5.C2HF3O2/c1-2-3-4-5-6-7-8-9-19-28-41(46)49-42(35-22-13-10-14-23-35)50-44(36-24-15-11-16-25-36,37-26-17-12-18-27-37)43(47)48-40-33-38-29-30-39(34-40)45(38)31-20-21-32-45;3-2(4,5)1(6)7/h10-18,22-27,38-40,42H,2-9,19-21,28-34H2,1H3;(H,6,7)/q+1;/p-1. The van der Waals surface area contributed by atoms with Crippen molar-refractivity contribution in [1.29, 1.82) is 0 Å². The lowest BCUT2D eigenvalue weighted by atomic mass is 9.85. The molecule has 3 heterocycles. The van der Waals surface area contributed by atoms with Crippen LogP contribution < -0.4 is 5.11 Å². The number of carbonyl (C=O) groups excluding carboxylic acids is 3. The van der Waals surface area contributed by atoms with Gasteiger partial charge in [0.1, 0.15) is 12.1 Å². The van der Waals surface area contributed by atoms with E-state index in [0.29, 0.717) is 35.2 Å². The number of benzene rings is 3. The van der Waals surface area contributed by atoms with E-state index < -0.39 is 30.0 Å². The predicted octanol–water partition coefficient (Wildman–Crippen LogP) is 9.26. The minimum absolute atomic E-state index is 0.177. The molecule has 0 N–H and O–H groups in total. The molecule has 3 atom stereocenters. The van der Waals surface area contributed by atoms with Gasteiger partial charge >= 0.3 is 18.1 Å². The number of alkyl halides is 3. The molecule has 3 fully saturated rings. The fraction of sp³-hybridized carbons (Fsp3) is 0.543. The molecule has 11 heteroatoms. The Balaban J connectivity index is 0.000000811. The maximum Gasteiger partial charge on any atom is 0.430 e. The summed E-state index contributed by atoms with van der Waals surface area (Å²) in [7, 11) is 0. The van der Waals surface area contributed by atoms with Crippen LogP contribution in [0.3, 0.4) is 0 Å². The van der Waals surface area contributed by atoms with Crippen molar-refractivity contribution in [3.63, 3.8) is 0 Å². The Morgan fingerprint density at radius 3 is 1.65 bits per heavy atom. The van der Waals surface area contributed by atoms with Crippen molar-refractivity contribution in [2.24, 2.45) is 0 Å². The average molecular weight is 794 g/mol. The van der Waals surface area contributed by atoms with Crippen LogP contribution in [0.2, 0.25) is 0 Å². The molecule has 3 aromatic carbocycles. The van der Waals surface area contributed by atoms with E-state index in [1.165, 1.54) is 81.8 Å². The number of nitrogens with zero attached hydrogens (tertiary/aromatic N) is 1. The fourth-order valence-corrected chi connectivity index (χ4v) is 9.16. The number of rotatable bonds is 18. The van der Waals surface area contributed by atoms with Crippen LogP contribution in [0.4, 0.5) is 13.2 Å². The first-order valence-corrected chi connectivity index (χ1v) is 20.9. The summed E-state index contributed by atoms with van der Waals surface area (Å²) >= 11 is 0. The lowest BCUT2D eigenvalue weighted by Crippen LogP contribution is -2.60. The molecule has 2 bridgehead atoms. The van der Waals surface area contributed by atoms with Gasteiger partial charge in [-0.15, -0.1) is 0 Å². The minimum atomic E-state index is -5.19. The number of quaternary nitrogens is 1. The highest BCUT2D eigenvalue weighted by Gasteiger charge is 2.57. The van der Waals surface area contributed by atoms with Crippen LogP contribution >= 0.6 is 0 Å². The van der Waals surface area contributed by atoms with Crippen LogP contribution in [-0.4, -0.2) is 59.8 Å². The zero-order valence-electron chi connectivity index (χ0n) is 33.1. The van der Waals surface area contributed by atoms with Gasteiger partial charge in [0.15, 0.2) is 0 Å². The number of ether oxygens (including phenoxy) is 3. The molecule has 6 rings (SSSR count). The number of carboxylic acids is 1. The number of piperidine rings is 1. The van der Waals surface area contributed by atoms with Crippen molar-refractivity contribution in [1.82, 2.24) is 0 Å². The van der Waals surface area contributed by atoms with Crippen LogP contribution in [0.15, 0.2) is 91.0 Å². The molecule has 3 saturated heterocycles. The average Bonchev–Trinajstić information content (AvgIpc) is 3.76. The summed E-state index contributed by atoms with van der Waals surface area (Å²) in [5, 5.41) is 8.78. The third kappa shape index (κ3) is 11.5. The largest absolute Gasteiger partial charge is 0.542 e. The number of unbranched alkanes of at least 4 members (excludes halogenated alkanes) is 8. The predicted molar refractivity (Wildman–Crippen MR) is 208 cm³/mol. The summed E-state index contributed by atoms with van der Waals surface area (Å²) in [5.41, 5.74) is 0.313. The highest BCUT2D eigenvalue weighted by atomic mass is 19.4. The van der Waals surface area contributed by atoms with E-state index in [2.05, 4.69) is 6.92 Å². The summed E-state index contributed by atoms with van der Waals surface area (Å²) in [6.45, 7) is 4.77. The van der Waals surface area contributed by atoms with E-state index in [9.17, 15) is 22.8 Å². The van der Waals surface area contributed by atoms with Crippen LogP contribution in [0.5, 0.6) is 0 Å². The van der Waals surface area contributed by atoms with Gasteiger partial charge in [-0.05, 0) is 17.5 Å². The Bertz CT molecular complexity index is 1630. The number of hydrogen-bond acceptors (Lipinski definition) is 7. The minimum Gasteiger partial charge on any atom is -0.542 e. The molecule has 0 aromatic heterocycles. The Labute approximate surface area is 335 Å². The second-order valence-electron chi connectivity index (χ2n) is 15.8. The maximum absolute atomic E-state index is 15.0. The van der Waals surface area contributed by atoms with Crippen molar-refractivity contribution in [2.45, 2.75) is 146 Å². The molecule has 0 amide bonds. The van der Waals surface area contributed by atoms with Gasteiger partial charge in [-0.1, -0.05) is 149 Å². The van der Waals surface area contributed by atoms with E-state index in [-0.39, 0.29) is 12.1 Å². The number of aliphatic carboxylic acids is 1. The van der Waals surface area contributed by atoms with Crippen molar-refractivity contribution < 1.29 is 51.4 Å². The van der Waals surface area contributed by atoms with Crippen molar-refractivity contribution >= 4 is 17.9 Å². The zero-order valence-corrected chi connectivity index (χ0v) is 33.1. The van der Waals surface area contributed by atoms with Gasteiger partial charge in [0.2, 0.25) is 11.9 Å². The molecule has 0 radical (unpaired) electrons. The molecule has 3 aromatic rings. The highest BCUT2D eigenvalue weighted by molar-refractivity contribution is 5.86. The Kier molecular flexibility index (Phi) is 16.2. The molecule has 3 unspecified atom stereocenters. The smallest absolute Gasteiger partial charge is 0.430 e. The van der Waals surface area contributed by atoms with Crippen LogP contribution in [0.25, 0.3) is 0 Å². The van der Waals surface area contributed by atoms with Crippen LogP contribution in [0.1, 0.15) is 133 Å². The maximum atomic E-state index is 15.0. The first-order valence-electron chi connectivity index (χ1n) is 20.9. The summed E-state index contributed by atoms with van der Waals surface area (Å²) in [6.07, 6.45) is 11.1. The molecule has 310 valence electrons. The lowest BCUT2D eigenvalue weighted by Gasteiger charge is -2.47. The first kappa shape index (κ1) is 43.9. The second kappa shape index (κ2) is 21.0. The topological polar surface area (TPSA) is 102 Å². The molecule has 0 saturated carbocycles. The lowest BCUT2D eigenvalue weighted by molar-refractivity contribution is -0.956. The molecule has 8 nitrogen and oxygen atoms in total. The third-order valence-electron chi connectivity index (χ3n) is 12.0. The first-order chi connectivity index (χ1) is 27.5. The van der Waals surface area contributed by atoms with E-state index in [1.54, 1.807) is 0 Å². The number of carboxylic acid groups (broad SMARTS) is 1. The van der Waals surface area contributed by atoms with Crippen molar-refractivity contribution in [2.75, 3.05) is 13.1 Å². The Hall–Kier alpha value is -4.22. The Morgan fingerprint density at radius 1 is 0.719 bits per heavy atom. The van der Waals surface area contributed by atoms with Crippen molar-refractivity contribution in [3.05, 3.63) is 108 Å². The van der Waals surface area contributed by atoms with Crippen LogP contribution in [-0.2, 0) is 34.2 Å². The van der Waals surface area contributed by atoms with E-state index in [1.807, 2.05) is 91.0 Å². The fourth-order valence-electron chi connectivity index (χ4n) is 9.16. The summed E-state index contributed by atoms with van der Waals surface area (Å²) in [6, 6.07) is 29.8. The monoisotopic (exact) mass is 793 g/mol. The molecular formula is C46H58F3NO7. The van der Waals surface area contributed by atoms with Crippen molar-refractivity contribution in [3.8, 4) is 0 Å². The van der Waals surface area contributed by atoms with E-state index in [4.69, 9.17) is 24.1 Å². The summed E-state index contributed by atoms with van der Waals surface area (Å²) < 4.78 is 52.6. The molecule has 57 heavy (non-hydrogen) atoms. The molecule has 0 aliphatic carbocycles. The quantitative estimate of drug-likeness (QED) is 0.0548. The molecule has 1 spiro atoms. The number of hydrogen-bond donors (Lipinski definition) is 0. The Morgan fingerprint density at radius 2 is 1.18 bits per heavy atom. The summed E-state index contributed by atoms with van der Waals surface area (Å²) in [4.78, 5) is 37.2. The normalized spacial score (nSPS) is 20.3. The number of esters is 2. The van der Waals surface area contributed by atoms with E-state index in [0.717, 1.165) is 32.1 Å². The van der Waals surface area contributed by atoms with Gasteiger partial charge in [0.25, 0.3) is 0 Å². The van der Waals surface area contributed by atoms with Gasteiger partial charge in [0, 0.05) is 50.5 Å². The van der Waals surface area contributed by atoms with Gasteiger partial charge in [0.05, 0.1) is 25.2 Å². The summed E-state index contributed by atoms with van der Waals surface area (Å²) in [5.74, 6) is -3.79. The molecule has 3 aliphatic rings. The highest BCUT2D eigenvalue weighted by Crippen LogP contribution is 2.47. The van der Waals surface area contributed by atoms with Gasteiger partial charge in [-0.25, -0.2) is 4.79 Å². The van der Waals surface area contributed by atoms with Crippen LogP contribution in [0, 0.1) is 0 Å². The second-order valence-corrected chi connectivity index (χ2v) is 15.8.